The highest BCUT2D eigenvalue weighted by molar-refractivity contribution is 9.10. The van der Waals surface area contributed by atoms with Crippen molar-refractivity contribution in [2.75, 3.05) is 13.1 Å². The third-order valence-corrected chi connectivity index (χ3v) is 4.23. The summed E-state index contributed by atoms with van der Waals surface area (Å²) in [7, 11) is 0. The molecule has 2 atom stereocenters. The van der Waals surface area contributed by atoms with E-state index >= 15 is 0 Å². The van der Waals surface area contributed by atoms with E-state index in [-0.39, 0.29) is 18.0 Å². The minimum atomic E-state index is -0.252. The topological polar surface area (TPSA) is 72.3 Å². The third kappa shape index (κ3) is 2.58. The Balaban J connectivity index is 2.29. The van der Waals surface area contributed by atoms with Gasteiger partial charge in [-0.2, -0.15) is 0 Å². The standard InChI is InChI=1S/C13H18BrN3O/c14-10-5-2-1-4-9(10)12(8-15)17-7-3-6-11(17)13(16)18/h1-2,4-5,11-12H,3,6-8,15H2,(H2,16,18). The minimum absolute atomic E-state index is 0.0422. The first kappa shape index (κ1) is 13.5. The van der Waals surface area contributed by atoms with Crippen molar-refractivity contribution in [1.82, 2.24) is 4.90 Å². The molecule has 1 fully saturated rings. The highest BCUT2D eigenvalue weighted by Gasteiger charge is 2.34. The average molecular weight is 312 g/mol. The summed E-state index contributed by atoms with van der Waals surface area (Å²) >= 11 is 3.54. The molecule has 1 aromatic rings. The number of carbonyl (C=O) groups excluding carboxylic acids is 1. The van der Waals surface area contributed by atoms with Crippen LogP contribution in [0.2, 0.25) is 0 Å². The average Bonchev–Trinajstić information content (AvgIpc) is 2.82. The second-order valence-corrected chi connectivity index (χ2v) is 5.43. The molecule has 4 nitrogen and oxygen atoms in total. The fraction of sp³-hybridized carbons (Fsp3) is 0.462. The van der Waals surface area contributed by atoms with Crippen LogP contribution in [0.5, 0.6) is 0 Å². The number of benzene rings is 1. The van der Waals surface area contributed by atoms with E-state index in [0.29, 0.717) is 6.54 Å². The summed E-state index contributed by atoms with van der Waals surface area (Å²) in [5, 5.41) is 0. The highest BCUT2D eigenvalue weighted by atomic mass is 79.9. The van der Waals surface area contributed by atoms with Crippen LogP contribution in [0.3, 0.4) is 0 Å². The van der Waals surface area contributed by atoms with Crippen LogP contribution < -0.4 is 11.5 Å². The summed E-state index contributed by atoms with van der Waals surface area (Å²) in [6, 6.07) is 7.84. The van der Waals surface area contributed by atoms with Crippen molar-refractivity contribution in [1.29, 1.82) is 0 Å². The van der Waals surface area contributed by atoms with E-state index in [4.69, 9.17) is 11.5 Å². The maximum Gasteiger partial charge on any atom is 0.234 e. The molecule has 1 aromatic carbocycles. The molecule has 1 aliphatic heterocycles. The maximum atomic E-state index is 11.5. The molecule has 0 saturated carbocycles. The van der Waals surface area contributed by atoms with Gasteiger partial charge in [-0.3, -0.25) is 9.69 Å². The number of likely N-dealkylation sites (tertiary alicyclic amines) is 1. The first-order valence-corrected chi connectivity index (χ1v) is 6.94. The van der Waals surface area contributed by atoms with Crippen molar-refractivity contribution in [2.24, 2.45) is 11.5 Å². The largest absolute Gasteiger partial charge is 0.368 e. The summed E-state index contributed by atoms with van der Waals surface area (Å²) in [6.07, 6.45) is 1.82. The van der Waals surface area contributed by atoms with E-state index in [2.05, 4.69) is 20.8 Å². The molecule has 2 unspecified atom stereocenters. The van der Waals surface area contributed by atoms with E-state index in [9.17, 15) is 4.79 Å². The molecule has 1 heterocycles. The van der Waals surface area contributed by atoms with Crippen molar-refractivity contribution >= 4 is 21.8 Å². The number of hydrogen-bond donors (Lipinski definition) is 2. The van der Waals surface area contributed by atoms with E-state index < -0.39 is 0 Å². The van der Waals surface area contributed by atoms with Crippen molar-refractivity contribution in [2.45, 2.75) is 24.9 Å². The molecule has 98 valence electrons. The Kier molecular flexibility index (Phi) is 4.37. The van der Waals surface area contributed by atoms with Gasteiger partial charge < -0.3 is 11.5 Å². The van der Waals surface area contributed by atoms with Gasteiger partial charge in [-0.05, 0) is 31.0 Å². The van der Waals surface area contributed by atoms with Crippen LogP contribution in [-0.2, 0) is 4.79 Å². The van der Waals surface area contributed by atoms with Crippen LogP contribution in [0.25, 0.3) is 0 Å². The molecule has 0 bridgehead atoms. The summed E-state index contributed by atoms with van der Waals surface area (Å²) in [5.74, 6) is -0.252. The fourth-order valence-corrected chi connectivity index (χ4v) is 3.20. The zero-order chi connectivity index (χ0) is 13.1. The van der Waals surface area contributed by atoms with Crippen LogP contribution >= 0.6 is 15.9 Å². The lowest BCUT2D eigenvalue weighted by Gasteiger charge is -2.31. The van der Waals surface area contributed by atoms with Gasteiger partial charge in [0, 0.05) is 17.1 Å². The summed E-state index contributed by atoms with van der Waals surface area (Å²) in [4.78, 5) is 13.6. The second kappa shape index (κ2) is 5.82. The number of hydrogen-bond acceptors (Lipinski definition) is 3. The Hall–Kier alpha value is -0.910. The van der Waals surface area contributed by atoms with Gasteiger partial charge in [0.1, 0.15) is 0 Å². The second-order valence-electron chi connectivity index (χ2n) is 4.57. The van der Waals surface area contributed by atoms with Gasteiger partial charge >= 0.3 is 0 Å². The van der Waals surface area contributed by atoms with Crippen LogP contribution in [0.4, 0.5) is 0 Å². The lowest BCUT2D eigenvalue weighted by atomic mass is 10.0. The Labute approximate surface area is 115 Å². The van der Waals surface area contributed by atoms with E-state index in [0.717, 1.165) is 29.4 Å². The van der Waals surface area contributed by atoms with Crippen LogP contribution in [0.1, 0.15) is 24.4 Å². The first-order chi connectivity index (χ1) is 8.65. The minimum Gasteiger partial charge on any atom is -0.368 e. The van der Waals surface area contributed by atoms with Crippen LogP contribution in [-0.4, -0.2) is 29.9 Å². The Morgan fingerprint density at radius 1 is 1.50 bits per heavy atom. The van der Waals surface area contributed by atoms with Crippen molar-refractivity contribution in [3.8, 4) is 0 Å². The highest BCUT2D eigenvalue weighted by Crippen LogP contribution is 2.32. The van der Waals surface area contributed by atoms with Gasteiger partial charge in [-0.25, -0.2) is 0 Å². The molecule has 0 radical (unpaired) electrons. The molecule has 1 aliphatic rings. The molecule has 0 aromatic heterocycles. The zero-order valence-electron chi connectivity index (χ0n) is 10.2. The van der Waals surface area contributed by atoms with Crippen molar-refractivity contribution in [3.63, 3.8) is 0 Å². The lowest BCUT2D eigenvalue weighted by Crippen LogP contribution is -2.44. The van der Waals surface area contributed by atoms with Crippen molar-refractivity contribution in [3.05, 3.63) is 34.3 Å². The fourth-order valence-electron chi connectivity index (χ4n) is 2.65. The quantitative estimate of drug-likeness (QED) is 0.883. The molecule has 4 N–H and O–H groups in total. The molecular formula is C13H18BrN3O. The van der Waals surface area contributed by atoms with Crippen molar-refractivity contribution < 1.29 is 4.79 Å². The number of rotatable bonds is 4. The van der Waals surface area contributed by atoms with Gasteiger partial charge in [0.05, 0.1) is 6.04 Å². The monoisotopic (exact) mass is 311 g/mol. The first-order valence-electron chi connectivity index (χ1n) is 6.14. The predicted octanol–water partition coefficient (Wildman–Crippen LogP) is 1.40. The summed E-state index contributed by atoms with van der Waals surface area (Å²) in [6.45, 7) is 1.35. The van der Waals surface area contributed by atoms with Gasteiger partial charge in [0.15, 0.2) is 0 Å². The molecule has 18 heavy (non-hydrogen) atoms. The molecule has 1 saturated heterocycles. The summed E-state index contributed by atoms with van der Waals surface area (Å²) < 4.78 is 1.02. The Morgan fingerprint density at radius 2 is 2.22 bits per heavy atom. The Bertz CT molecular complexity index is 438. The normalized spacial score (nSPS) is 22.0. The lowest BCUT2D eigenvalue weighted by molar-refractivity contribution is -0.122. The van der Waals surface area contributed by atoms with E-state index in [1.54, 1.807) is 0 Å². The van der Waals surface area contributed by atoms with E-state index in [1.807, 2.05) is 24.3 Å². The van der Waals surface area contributed by atoms with Crippen LogP contribution in [0.15, 0.2) is 28.7 Å². The van der Waals surface area contributed by atoms with Crippen LogP contribution in [0, 0.1) is 0 Å². The number of nitrogens with two attached hydrogens (primary N) is 2. The van der Waals surface area contributed by atoms with Gasteiger partial charge in [0.25, 0.3) is 0 Å². The summed E-state index contributed by atoms with van der Waals surface area (Å²) in [5.41, 5.74) is 12.5. The smallest absolute Gasteiger partial charge is 0.234 e. The number of carbonyl (C=O) groups is 1. The molecule has 2 rings (SSSR count). The molecule has 0 aliphatic carbocycles. The maximum absolute atomic E-state index is 11.5. The number of amides is 1. The SMILES string of the molecule is NCC(c1ccccc1Br)N1CCCC1C(N)=O. The molecule has 5 heteroatoms. The number of primary amides is 1. The predicted molar refractivity (Wildman–Crippen MR) is 74.9 cm³/mol. The van der Waals surface area contributed by atoms with Gasteiger partial charge in [-0.15, -0.1) is 0 Å². The number of nitrogens with zero attached hydrogens (tertiary/aromatic N) is 1. The Morgan fingerprint density at radius 3 is 2.83 bits per heavy atom. The molecule has 0 spiro atoms. The third-order valence-electron chi connectivity index (χ3n) is 3.51. The van der Waals surface area contributed by atoms with Gasteiger partial charge in [0.2, 0.25) is 5.91 Å². The zero-order valence-corrected chi connectivity index (χ0v) is 11.8. The van der Waals surface area contributed by atoms with E-state index in [1.165, 1.54) is 0 Å². The number of halogens is 1. The van der Waals surface area contributed by atoms with Gasteiger partial charge in [-0.1, -0.05) is 34.1 Å². The molecular weight excluding hydrogens is 294 g/mol. The molecule has 1 amide bonds.